The fourth-order valence-corrected chi connectivity index (χ4v) is 2.38. The summed E-state index contributed by atoms with van der Waals surface area (Å²) in [5.74, 6) is -1.17. The van der Waals surface area contributed by atoms with Crippen LogP contribution in [0.4, 0.5) is 13.2 Å². The van der Waals surface area contributed by atoms with Crippen molar-refractivity contribution in [2.24, 2.45) is 5.92 Å². The molecular formula is C14H18F3N. The minimum absolute atomic E-state index is 0.0556. The predicted molar refractivity (Wildman–Crippen MR) is 65.5 cm³/mol. The van der Waals surface area contributed by atoms with E-state index in [4.69, 9.17) is 0 Å². The Bertz CT molecular complexity index is 375. The summed E-state index contributed by atoms with van der Waals surface area (Å²) in [6, 6.07) is 8.35. The Kier molecular flexibility index (Phi) is 3.95. The topological polar surface area (TPSA) is 12.0 Å². The zero-order chi connectivity index (χ0) is 13.2. The second-order valence-electron chi connectivity index (χ2n) is 5.11. The van der Waals surface area contributed by atoms with E-state index in [1.165, 1.54) is 11.1 Å². The summed E-state index contributed by atoms with van der Waals surface area (Å²) >= 11 is 0. The number of nitrogens with one attached hydrogen (secondary N) is 1. The lowest BCUT2D eigenvalue weighted by Gasteiger charge is -2.31. The number of hydrogen-bond donors (Lipinski definition) is 1. The van der Waals surface area contributed by atoms with Gasteiger partial charge in [-0.3, -0.25) is 0 Å². The summed E-state index contributed by atoms with van der Waals surface area (Å²) in [4.78, 5) is 0. The van der Waals surface area contributed by atoms with Crippen molar-refractivity contribution >= 4 is 0 Å². The Balaban J connectivity index is 1.85. The van der Waals surface area contributed by atoms with Crippen molar-refractivity contribution in [3.05, 3.63) is 35.4 Å². The summed E-state index contributed by atoms with van der Waals surface area (Å²) in [7, 11) is 0. The maximum absolute atomic E-state index is 12.5. The van der Waals surface area contributed by atoms with Crippen LogP contribution >= 0.6 is 0 Å². The first-order valence-electron chi connectivity index (χ1n) is 6.31. The average Bonchev–Trinajstić information content (AvgIpc) is 2.32. The van der Waals surface area contributed by atoms with E-state index in [1.54, 1.807) is 0 Å². The number of alkyl halides is 3. The van der Waals surface area contributed by atoms with Gasteiger partial charge in [-0.15, -0.1) is 0 Å². The van der Waals surface area contributed by atoms with Gasteiger partial charge >= 0.3 is 6.18 Å². The van der Waals surface area contributed by atoms with Crippen LogP contribution in [-0.4, -0.2) is 18.8 Å². The number of halogens is 3. The quantitative estimate of drug-likeness (QED) is 0.855. The molecule has 0 aromatic heterocycles. The predicted octanol–water partition coefficient (Wildman–Crippen LogP) is 3.47. The molecule has 1 aliphatic heterocycles. The fourth-order valence-electron chi connectivity index (χ4n) is 2.38. The molecule has 1 aromatic carbocycles. The first-order valence-corrected chi connectivity index (χ1v) is 6.31. The Labute approximate surface area is 105 Å². The smallest absolute Gasteiger partial charge is 0.313 e. The van der Waals surface area contributed by atoms with Crippen LogP contribution in [0.25, 0.3) is 0 Å². The monoisotopic (exact) mass is 257 g/mol. The lowest BCUT2D eigenvalue weighted by Crippen LogP contribution is -2.45. The largest absolute Gasteiger partial charge is 0.393 e. The van der Waals surface area contributed by atoms with Crippen LogP contribution in [0.2, 0.25) is 0 Å². The summed E-state index contributed by atoms with van der Waals surface area (Å²) in [6.45, 7) is 2.08. The average molecular weight is 257 g/mol. The molecule has 0 bridgehead atoms. The molecule has 100 valence electrons. The molecule has 2 unspecified atom stereocenters. The normalized spacial score (nSPS) is 25.1. The van der Waals surface area contributed by atoms with Gasteiger partial charge in [0.1, 0.15) is 0 Å². The summed E-state index contributed by atoms with van der Waals surface area (Å²) < 4.78 is 37.5. The molecular weight excluding hydrogens is 239 g/mol. The molecule has 1 aliphatic rings. The molecule has 0 saturated carbocycles. The molecule has 1 fully saturated rings. The van der Waals surface area contributed by atoms with Gasteiger partial charge in [-0.2, -0.15) is 13.2 Å². The van der Waals surface area contributed by atoms with E-state index >= 15 is 0 Å². The van der Waals surface area contributed by atoms with Crippen molar-refractivity contribution in [2.45, 2.75) is 38.4 Å². The first-order chi connectivity index (χ1) is 8.45. The zero-order valence-electron chi connectivity index (χ0n) is 10.4. The lowest BCUT2D eigenvalue weighted by molar-refractivity contribution is -0.179. The van der Waals surface area contributed by atoms with E-state index in [9.17, 15) is 13.2 Å². The van der Waals surface area contributed by atoms with Gasteiger partial charge in [0.05, 0.1) is 5.92 Å². The van der Waals surface area contributed by atoms with Crippen LogP contribution < -0.4 is 5.32 Å². The molecule has 0 spiro atoms. The van der Waals surface area contributed by atoms with Crippen molar-refractivity contribution in [1.82, 2.24) is 5.32 Å². The first kappa shape index (κ1) is 13.4. The minimum Gasteiger partial charge on any atom is -0.313 e. The second-order valence-corrected chi connectivity index (χ2v) is 5.11. The van der Waals surface area contributed by atoms with Crippen LogP contribution in [-0.2, 0) is 6.42 Å². The van der Waals surface area contributed by atoms with Gasteiger partial charge in [-0.05, 0) is 31.7 Å². The standard InChI is InChI=1S/C14H18F3N/c1-10-2-4-11(5-3-10)8-13-7-6-12(9-18-13)14(15,16)17/h2-5,12-13,18H,6-9H2,1H3. The van der Waals surface area contributed by atoms with Crippen molar-refractivity contribution in [1.29, 1.82) is 0 Å². The summed E-state index contributed by atoms with van der Waals surface area (Å²) in [6.07, 6.45) is -2.40. The second kappa shape index (κ2) is 5.31. The van der Waals surface area contributed by atoms with Crippen molar-refractivity contribution in [3.63, 3.8) is 0 Å². The van der Waals surface area contributed by atoms with Gasteiger partial charge in [0.2, 0.25) is 0 Å². The number of rotatable bonds is 2. The van der Waals surface area contributed by atoms with E-state index in [0.29, 0.717) is 6.42 Å². The Morgan fingerprint density at radius 1 is 1.17 bits per heavy atom. The molecule has 0 aliphatic carbocycles. The summed E-state index contributed by atoms with van der Waals surface area (Å²) in [5.41, 5.74) is 2.39. The number of aryl methyl sites for hydroxylation is 1. The number of benzene rings is 1. The van der Waals surface area contributed by atoms with E-state index in [0.717, 1.165) is 6.42 Å². The van der Waals surface area contributed by atoms with Crippen LogP contribution in [0.3, 0.4) is 0 Å². The van der Waals surface area contributed by atoms with Gasteiger partial charge in [-0.1, -0.05) is 29.8 Å². The SMILES string of the molecule is Cc1ccc(CC2CCC(C(F)(F)F)CN2)cc1. The third-order valence-electron chi connectivity index (χ3n) is 3.58. The molecule has 4 heteroatoms. The Morgan fingerprint density at radius 3 is 2.33 bits per heavy atom. The van der Waals surface area contributed by atoms with Crippen LogP contribution in [0.1, 0.15) is 24.0 Å². The fraction of sp³-hybridized carbons (Fsp3) is 0.571. The van der Waals surface area contributed by atoms with Crippen molar-refractivity contribution < 1.29 is 13.2 Å². The summed E-state index contributed by atoms with van der Waals surface area (Å²) in [5, 5.41) is 3.02. The van der Waals surface area contributed by atoms with E-state index in [2.05, 4.69) is 5.32 Å². The van der Waals surface area contributed by atoms with Crippen LogP contribution in [0.15, 0.2) is 24.3 Å². The molecule has 1 saturated heterocycles. The Morgan fingerprint density at radius 2 is 1.83 bits per heavy atom. The molecule has 18 heavy (non-hydrogen) atoms. The Hall–Kier alpha value is -1.03. The number of hydrogen-bond acceptors (Lipinski definition) is 1. The number of piperidine rings is 1. The van der Waals surface area contributed by atoms with E-state index in [-0.39, 0.29) is 19.0 Å². The molecule has 0 amide bonds. The third-order valence-corrected chi connectivity index (χ3v) is 3.58. The molecule has 1 nitrogen and oxygen atoms in total. The molecule has 2 atom stereocenters. The highest BCUT2D eigenvalue weighted by atomic mass is 19.4. The van der Waals surface area contributed by atoms with E-state index < -0.39 is 12.1 Å². The third kappa shape index (κ3) is 3.48. The van der Waals surface area contributed by atoms with Gasteiger partial charge < -0.3 is 5.32 Å². The molecule has 1 N–H and O–H groups in total. The van der Waals surface area contributed by atoms with E-state index in [1.807, 2.05) is 31.2 Å². The molecule has 0 radical (unpaired) electrons. The zero-order valence-corrected chi connectivity index (χ0v) is 10.4. The molecule has 2 rings (SSSR count). The maximum Gasteiger partial charge on any atom is 0.393 e. The van der Waals surface area contributed by atoms with Gasteiger partial charge in [0.25, 0.3) is 0 Å². The van der Waals surface area contributed by atoms with Crippen molar-refractivity contribution in [3.8, 4) is 0 Å². The highest BCUT2D eigenvalue weighted by Crippen LogP contribution is 2.32. The molecule has 1 aromatic rings. The van der Waals surface area contributed by atoms with Gasteiger partial charge in [-0.25, -0.2) is 0 Å². The minimum atomic E-state index is -4.05. The maximum atomic E-state index is 12.5. The van der Waals surface area contributed by atoms with Crippen LogP contribution in [0, 0.1) is 12.8 Å². The highest BCUT2D eigenvalue weighted by Gasteiger charge is 2.41. The van der Waals surface area contributed by atoms with Crippen molar-refractivity contribution in [2.75, 3.05) is 6.54 Å². The van der Waals surface area contributed by atoms with Crippen LogP contribution in [0.5, 0.6) is 0 Å². The highest BCUT2D eigenvalue weighted by molar-refractivity contribution is 5.22. The van der Waals surface area contributed by atoms with Gasteiger partial charge in [0.15, 0.2) is 0 Å². The molecule has 1 heterocycles. The lowest BCUT2D eigenvalue weighted by atomic mass is 9.91. The van der Waals surface area contributed by atoms with Gasteiger partial charge in [0, 0.05) is 12.6 Å².